The molecule has 1 aromatic carbocycles. The van der Waals surface area contributed by atoms with E-state index in [1.54, 1.807) is 26.0 Å². The average molecular weight is 263 g/mol. The molecule has 6 nitrogen and oxygen atoms in total. The van der Waals surface area contributed by atoms with Crippen LogP contribution in [0.5, 0.6) is 0 Å². The minimum absolute atomic E-state index is 0.170. The van der Waals surface area contributed by atoms with Crippen molar-refractivity contribution in [3.63, 3.8) is 0 Å². The Morgan fingerprint density at radius 1 is 1.16 bits per heavy atom. The van der Waals surface area contributed by atoms with E-state index in [9.17, 15) is 14.4 Å². The zero-order valence-electron chi connectivity index (χ0n) is 11.0. The van der Waals surface area contributed by atoms with Crippen LogP contribution in [0.15, 0.2) is 24.3 Å². The monoisotopic (exact) mass is 263 g/mol. The summed E-state index contributed by atoms with van der Waals surface area (Å²) in [5, 5.41) is 2.41. The molecule has 19 heavy (non-hydrogen) atoms. The predicted molar refractivity (Wildman–Crippen MR) is 71.5 cm³/mol. The first-order chi connectivity index (χ1) is 9.01. The number of nitrogens with zero attached hydrogens (tertiary/aromatic N) is 1. The van der Waals surface area contributed by atoms with E-state index in [4.69, 9.17) is 5.73 Å². The molecule has 0 aliphatic heterocycles. The Bertz CT molecular complexity index is 496. The van der Waals surface area contributed by atoms with Crippen molar-refractivity contribution in [2.45, 2.75) is 13.8 Å². The number of anilines is 1. The van der Waals surface area contributed by atoms with Gasteiger partial charge in [0.1, 0.15) is 0 Å². The number of para-hydroxylation sites is 1. The standard InChI is InChI=1S/C13H17N3O3/c1-3-16(4-2)13(19)12(18)15-10-8-6-5-7-9(10)11(14)17/h5-8H,3-4H2,1-2H3,(H2,14,17)(H,15,18). The number of hydrogen-bond acceptors (Lipinski definition) is 3. The smallest absolute Gasteiger partial charge is 0.313 e. The van der Waals surface area contributed by atoms with E-state index in [0.717, 1.165) is 0 Å². The maximum atomic E-state index is 11.8. The summed E-state index contributed by atoms with van der Waals surface area (Å²) in [5.41, 5.74) is 5.60. The molecule has 0 heterocycles. The van der Waals surface area contributed by atoms with Crippen LogP contribution in [0.2, 0.25) is 0 Å². The van der Waals surface area contributed by atoms with Crippen molar-refractivity contribution in [2.24, 2.45) is 5.73 Å². The van der Waals surface area contributed by atoms with E-state index in [2.05, 4.69) is 5.32 Å². The van der Waals surface area contributed by atoms with Gasteiger partial charge < -0.3 is 16.0 Å². The van der Waals surface area contributed by atoms with Gasteiger partial charge >= 0.3 is 11.8 Å². The fourth-order valence-corrected chi connectivity index (χ4v) is 1.64. The van der Waals surface area contributed by atoms with E-state index in [-0.39, 0.29) is 11.3 Å². The first kappa shape index (κ1) is 14.7. The molecule has 102 valence electrons. The number of nitrogens with two attached hydrogens (primary N) is 1. The molecule has 0 aliphatic rings. The predicted octanol–water partition coefficient (Wildman–Crippen LogP) is 0.592. The highest BCUT2D eigenvalue weighted by atomic mass is 16.2. The van der Waals surface area contributed by atoms with Gasteiger partial charge in [-0.3, -0.25) is 14.4 Å². The van der Waals surface area contributed by atoms with Crippen molar-refractivity contribution >= 4 is 23.4 Å². The molecule has 3 N–H and O–H groups in total. The third-order valence-electron chi connectivity index (χ3n) is 2.69. The van der Waals surface area contributed by atoms with Crippen LogP contribution < -0.4 is 11.1 Å². The van der Waals surface area contributed by atoms with Crippen LogP contribution >= 0.6 is 0 Å². The van der Waals surface area contributed by atoms with E-state index >= 15 is 0 Å². The van der Waals surface area contributed by atoms with Gasteiger partial charge in [-0.05, 0) is 26.0 Å². The Kier molecular flexibility index (Phi) is 5.05. The van der Waals surface area contributed by atoms with Crippen molar-refractivity contribution in [1.29, 1.82) is 0 Å². The summed E-state index contributed by atoms with van der Waals surface area (Å²) in [6, 6.07) is 6.28. The minimum atomic E-state index is -0.780. The normalized spacial score (nSPS) is 9.79. The lowest BCUT2D eigenvalue weighted by Crippen LogP contribution is -2.39. The molecule has 1 aromatic rings. The van der Waals surface area contributed by atoms with Crippen LogP contribution in [0, 0.1) is 0 Å². The summed E-state index contributed by atoms with van der Waals surface area (Å²) >= 11 is 0. The zero-order valence-corrected chi connectivity index (χ0v) is 11.0. The number of carbonyl (C=O) groups is 3. The number of hydrogen-bond donors (Lipinski definition) is 2. The number of amides is 3. The highest BCUT2D eigenvalue weighted by molar-refractivity contribution is 6.39. The quantitative estimate of drug-likeness (QED) is 0.779. The van der Waals surface area contributed by atoms with E-state index < -0.39 is 17.7 Å². The van der Waals surface area contributed by atoms with Gasteiger partial charge in [0.05, 0.1) is 11.3 Å². The average Bonchev–Trinajstić information content (AvgIpc) is 2.40. The van der Waals surface area contributed by atoms with E-state index in [0.29, 0.717) is 13.1 Å². The molecule has 3 amide bonds. The lowest BCUT2D eigenvalue weighted by atomic mass is 10.1. The van der Waals surface area contributed by atoms with Crippen LogP contribution in [0.25, 0.3) is 0 Å². The van der Waals surface area contributed by atoms with Crippen molar-refractivity contribution in [1.82, 2.24) is 4.90 Å². The van der Waals surface area contributed by atoms with Crippen LogP contribution in [0.3, 0.4) is 0 Å². The second kappa shape index (κ2) is 6.53. The lowest BCUT2D eigenvalue weighted by Gasteiger charge is -2.18. The Morgan fingerprint density at radius 2 is 1.74 bits per heavy atom. The summed E-state index contributed by atoms with van der Waals surface area (Å²) < 4.78 is 0. The van der Waals surface area contributed by atoms with Gasteiger partial charge in [-0.15, -0.1) is 0 Å². The summed E-state index contributed by atoms with van der Waals surface area (Å²) in [7, 11) is 0. The molecule has 0 spiro atoms. The number of likely N-dealkylation sites (N-methyl/N-ethyl adjacent to an activating group) is 1. The zero-order chi connectivity index (χ0) is 14.4. The van der Waals surface area contributed by atoms with Crippen molar-refractivity contribution in [3.05, 3.63) is 29.8 Å². The largest absolute Gasteiger partial charge is 0.366 e. The third kappa shape index (κ3) is 3.54. The maximum Gasteiger partial charge on any atom is 0.313 e. The van der Waals surface area contributed by atoms with Gasteiger partial charge in [0.2, 0.25) is 0 Å². The summed E-state index contributed by atoms with van der Waals surface area (Å²) in [6.45, 7) is 4.46. The number of nitrogens with one attached hydrogen (secondary N) is 1. The second-order valence-electron chi connectivity index (χ2n) is 3.84. The molecule has 0 radical (unpaired) electrons. The number of benzene rings is 1. The first-order valence-electron chi connectivity index (χ1n) is 6.00. The molecule has 0 fully saturated rings. The van der Waals surface area contributed by atoms with Gasteiger partial charge in [-0.25, -0.2) is 0 Å². The molecule has 0 saturated carbocycles. The molecular weight excluding hydrogens is 246 g/mol. The SMILES string of the molecule is CCN(CC)C(=O)C(=O)Nc1ccccc1C(N)=O. The highest BCUT2D eigenvalue weighted by Crippen LogP contribution is 2.14. The minimum Gasteiger partial charge on any atom is -0.366 e. The van der Waals surface area contributed by atoms with Crippen LogP contribution in [0.1, 0.15) is 24.2 Å². The topological polar surface area (TPSA) is 92.5 Å². The van der Waals surface area contributed by atoms with Crippen molar-refractivity contribution in [3.8, 4) is 0 Å². The van der Waals surface area contributed by atoms with Gasteiger partial charge in [0, 0.05) is 13.1 Å². The van der Waals surface area contributed by atoms with Gasteiger partial charge in [-0.2, -0.15) is 0 Å². The van der Waals surface area contributed by atoms with E-state index in [1.165, 1.54) is 17.0 Å². The summed E-state index contributed by atoms with van der Waals surface area (Å²) in [5.74, 6) is -2.08. The Balaban J connectivity index is 2.88. The first-order valence-corrected chi connectivity index (χ1v) is 6.00. The molecule has 0 bridgehead atoms. The van der Waals surface area contributed by atoms with Crippen molar-refractivity contribution in [2.75, 3.05) is 18.4 Å². The van der Waals surface area contributed by atoms with Crippen LogP contribution in [0.4, 0.5) is 5.69 Å². The fourth-order valence-electron chi connectivity index (χ4n) is 1.64. The highest BCUT2D eigenvalue weighted by Gasteiger charge is 2.20. The molecule has 6 heteroatoms. The van der Waals surface area contributed by atoms with Gasteiger partial charge in [0.15, 0.2) is 0 Å². The molecule has 0 aromatic heterocycles. The molecule has 0 aliphatic carbocycles. The summed E-state index contributed by atoms with van der Waals surface area (Å²) in [6.07, 6.45) is 0. The number of carbonyl (C=O) groups excluding carboxylic acids is 3. The molecule has 0 saturated heterocycles. The molecule has 0 unspecified atom stereocenters. The number of rotatable bonds is 4. The lowest BCUT2D eigenvalue weighted by molar-refractivity contribution is -0.142. The Hall–Kier alpha value is -2.37. The van der Waals surface area contributed by atoms with E-state index in [1.807, 2.05) is 0 Å². The van der Waals surface area contributed by atoms with Crippen LogP contribution in [-0.2, 0) is 9.59 Å². The van der Waals surface area contributed by atoms with Gasteiger partial charge in [-0.1, -0.05) is 12.1 Å². The molecule has 0 atom stereocenters. The number of primary amides is 1. The second-order valence-corrected chi connectivity index (χ2v) is 3.84. The molecular formula is C13H17N3O3. The van der Waals surface area contributed by atoms with Crippen LogP contribution in [-0.4, -0.2) is 35.7 Å². The summed E-state index contributed by atoms with van der Waals surface area (Å²) in [4.78, 5) is 36.2. The Morgan fingerprint density at radius 3 is 2.26 bits per heavy atom. The van der Waals surface area contributed by atoms with Gasteiger partial charge in [0.25, 0.3) is 5.91 Å². The van der Waals surface area contributed by atoms with Crippen molar-refractivity contribution < 1.29 is 14.4 Å². The molecule has 1 rings (SSSR count). The Labute approximate surface area is 111 Å². The maximum absolute atomic E-state index is 11.8. The third-order valence-corrected chi connectivity index (χ3v) is 2.69. The fraction of sp³-hybridized carbons (Fsp3) is 0.308.